The largest absolute Gasteiger partial charge is 0.496 e. The van der Waals surface area contributed by atoms with Gasteiger partial charge in [0.2, 0.25) is 0 Å². The smallest absolute Gasteiger partial charge is 0.416 e. The molecule has 9 nitrogen and oxygen atoms in total. The number of aromatic amines is 1. The second-order valence-electron chi connectivity index (χ2n) is 7.76. The van der Waals surface area contributed by atoms with Crippen LogP contribution in [-0.2, 0) is 6.18 Å². The highest BCUT2D eigenvalue weighted by molar-refractivity contribution is 5.77. The van der Waals surface area contributed by atoms with Crippen molar-refractivity contribution >= 4 is 11.6 Å². The Balaban J connectivity index is 1.65. The molecule has 0 bridgehead atoms. The molecular weight excluding hydrogens is 451 g/mol. The molecule has 0 radical (unpaired) electrons. The Hall–Kier alpha value is -3.85. The van der Waals surface area contributed by atoms with Crippen LogP contribution in [0, 0.1) is 17.2 Å². The average Bonchev–Trinajstić information content (AvgIpc) is 3.30. The number of rotatable bonds is 7. The number of hydrogen-bond acceptors (Lipinski definition) is 8. The number of halogens is 3. The van der Waals surface area contributed by atoms with Gasteiger partial charge >= 0.3 is 6.18 Å². The minimum Gasteiger partial charge on any atom is -0.496 e. The number of anilines is 2. The van der Waals surface area contributed by atoms with Crippen molar-refractivity contribution in [3.63, 3.8) is 0 Å². The van der Waals surface area contributed by atoms with Crippen molar-refractivity contribution in [3.05, 3.63) is 41.9 Å². The van der Waals surface area contributed by atoms with Crippen molar-refractivity contribution in [2.24, 2.45) is 5.92 Å². The third kappa shape index (κ3) is 5.37. The van der Waals surface area contributed by atoms with Crippen molar-refractivity contribution < 1.29 is 22.6 Å². The quantitative estimate of drug-likeness (QED) is 0.473. The first-order chi connectivity index (χ1) is 16.4. The van der Waals surface area contributed by atoms with Crippen molar-refractivity contribution in [1.82, 2.24) is 25.5 Å². The number of piperidine rings is 1. The SMILES string of the molecule is COc1cc(C(F)(F)F)cc(OC[C@H]2CCCNC2)c1-c1cc(Nc2cnc(C#N)cn2)n[nH]1. The van der Waals surface area contributed by atoms with Crippen LogP contribution in [-0.4, -0.2) is 47.0 Å². The zero-order valence-electron chi connectivity index (χ0n) is 18.2. The first-order valence-corrected chi connectivity index (χ1v) is 10.5. The summed E-state index contributed by atoms with van der Waals surface area (Å²) in [5.74, 6) is 0.928. The summed E-state index contributed by atoms with van der Waals surface area (Å²) in [6, 6.07) is 5.39. The number of H-pyrrole nitrogens is 1. The number of nitrogens with zero attached hydrogens (tertiary/aromatic N) is 4. The molecule has 0 unspecified atom stereocenters. The summed E-state index contributed by atoms with van der Waals surface area (Å²) in [5, 5.41) is 22.0. The van der Waals surface area contributed by atoms with Crippen LogP contribution in [0.4, 0.5) is 24.8 Å². The van der Waals surface area contributed by atoms with Gasteiger partial charge in [0.15, 0.2) is 11.5 Å². The Morgan fingerprint density at radius 1 is 1.18 bits per heavy atom. The standard InChI is InChI=1S/C22H22F3N7O2/c1-33-17-5-14(22(23,24)25)6-18(34-12-13-3-2-4-27-9-13)21(17)16-7-19(32-31-16)30-20-11-28-15(8-26)10-29-20/h5-7,10-11,13,27H,2-4,9,12H2,1H3,(H2,29,30,31,32)/t13-/m0/s1. The predicted octanol–water partition coefficient (Wildman–Crippen LogP) is 3.89. The van der Waals surface area contributed by atoms with E-state index < -0.39 is 11.7 Å². The van der Waals surface area contributed by atoms with Gasteiger partial charge in [-0.15, -0.1) is 0 Å². The van der Waals surface area contributed by atoms with Crippen LogP contribution in [0.5, 0.6) is 11.5 Å². The van der Waals surface area contributed by atoms with E-state index in [-0.39, 0.29) is 29.7 Å². The molecule has 3 N–H and O–H groups in total. The Bertz CT molecular complexity index is 1170. The average molecular weight is 473 g/mol. The van der Waals surface area contributed by atoms with E-state index in [0.29, 0.717) is 22.9 Å². The number of nitrogens with one attached hydrogen (secondary N) is 3. The number of benzene rings is 1. The fourth-order valence-electron chi connectivity index (χ4n) is 3.66. The predicted molar refractivity (Wildman–Crippen MR) is 117 cm³/mol. The van der Waals surface area contributed by atoms with E-state index in [9.17, 15) is 13.2 Å². The molecule has 0 aliphatic carbocycles. The molecule has 0 spiro atoms. The monoisotopic (exact) mass is 473 g/mol. The molecule has 1 fully saturated rings. The summed E-state index contributed by atoms with van der Waals surface area (Å²) < 4.78 is 51.8. The van der Waals surface area contributed by atoms with Crippen LogP contribution in [0.2, 0.25) is 0 Å². The van der Waals surface area contributed by atoms with Crippen LogP contribution in [0.3, 0.4) is 0 Å². The summed E-state index contributed by atoms with van der Waals surface area (Å²) in [7, 11) is 1.30. The second-order valence-corrected chi connectivity index (χ2v) is 7.76. The molecule has 0 saturated carbocycles. The van der Waals surface area contributed by atoms with Crippen LogP contribution < -0.4 is 20.1 Å². The fraction of sp³-hybridized carbons (Fsp3) is 0.364. The molecule has 3 aromatic rings. The van der Waals surface area contributed by atoms with Gasteiger partial charge in [0.05, 0.1) is 42.9 Å². The number of hydrogen-bond donors (Lipinski definition) is 3. The van der Waals surface area contributed by atoms with Gasteiger partial charge in [-0.25, -0.2) is 9.97 Å². The van der Waals surface area contributed by atoms with Crippen molar-refractivity contribution in [2.75, 3.05) is 32.1 Å². The van der Waals surface area contributed by atoms with E-state index in [1.54, 1.807) is 6.07 Å². The Labute approximate surface area is 193 Å². The topological polar surface area (TPSA) is 121 Å². The molecular formula is C22H22F3N7O2. The summed E-state index contributed by atoms with van der Waals surface area (Å²) in [6.07, 6.45) is 0.0350. The van der Waals surface area contributed by atoms with Gasteiger partial charge in [-0.1, -0.05) is 0 Å². The first-order valence-electron chi connectivity index (χ1n) is 10.5. The molecule has 1 aliphatic heterocycles. The lowest BCUT2D eigenvalue weighted by Crippen LogP contribution is -2.33. The molecule has 1 aromatic carbocycles. The first kappa shape index (κ1) is 23.3. The number of alkyl halides is 3. The van der Waals surface area contributed by atoms with E-state index in [2.05, 4.69) is 30.8 Å². The number of nitriles is 1. The highest BCUT2D eigenvalue weighted by atomic mass is 19.4. The molecule has 1 aliphatic rings. The van der Waals surface area contributed by atoms with Gasteiger partial charge in [0.25, 0.3) is 0 Å². The van der Waals surface area contributed by atoms with Crippen LogP contribution in [0.25, 0.3) is 11.3 Å². The molecule has 2 aromatic heterocycles. The maximum atomic E-state index is 13.5. The fourth-order valence-corrected chi connectivity index (χ4v) is 3.66. The van der Waals surface area contributed by atoms with Gasteiger partial charge < -0.3 is 20.1 Å². The highest BCUT2D eigenvalue weighted by Gasteiger charge is 2.33. The number of ether oxygens (including phenoxy) is 2. The normalized spacial score (nSPS) is 16.0. The Morgan fingerprint density at radius 2 is 2.00 bits per heavy atom. The summed E-state index contributed by atoms with van der Waals surface area (Å²) >= 11 is 0. The Kier molecular flexibility index (Phi) is 6.83. The third-order valence-corrected chi connectivity index (χ3v) is 5.36. The van der Waals surface area contributed by atoms with Crippen LogP contribution in [0.1, 0.15) is 24.1 Å². The second kappa shape index (κ2) is 9.96. The van der Waals surface area contributed by atoms with Crippen molar-refractivity contribution in [3.8, 4) is 28.8 Å². The minimum absolute atomic E-state index is 0.0000380. The molecule has 3 heterocycles. The third-order valence-electron chi connectivity index (χ3n) is 5.36. The minimum atomic E-state index is -4.56. The van der Waals surface area contributed by atoms with Gasteiger partial charge in [-0.05, 0) is 31.5 Å². The lowest BCUT2D eigenvalue weighted by molar-refractivity contribution is -0.137. The van der Waals surface area contributed by atoms with Crippen molar-refractivity contribution in [2.45, 2.75) is 19.0 Å². The molecule has 178 valence electrons. The van der Waals surface area contributed by atoms with E-state index in [0.717, 1.165) is 38.1 Å². The maximum absolute atomic E-state index is 13.5. The number of methoxy groups -OCH3 is 1. The van der Waals surface area contributed by atoms with E-state index >= 15 is 0 Å². The lowest BCUT2D eigenvalue weighted by Gasteiger charge is -2.24. The van der Waals surface area contributed by atoms with Gasteiger partial charge in [-0.3, -0.25) is 5.10 Å². The van der Waals surface area contributed by atoms with E-state index in [1.165, 1.54) is 19.5 Å². The van der Waals surface area contributed by atoms with Crippen LogP contribution >= 0.6 is 0 Å². The van der Waals surface area contributed by atoms with Gasteiger partial charge in [0, 0.05) is 18.5 Å². The van der Waals surface area contributed by atoms with Gasteiger partial charge in [-0.2, -0.15) is 23.5 Å². The Morgan fingerprint density at radius 3 is 2.65 bits per heavy atom. The van der Waals surface area contributed by atoms with Gasteiger partial charge in [0.1, 0.15) is 23.4 Å². The van der Waals surface area contributed by atoms with Crippen LogP contribution in [0.15, 0.2) is 30.6 Å². The molecule has 1 saturated heterocycles. The molecule has 34 heavy (non-hydrogen) atoms. The molecule has 0 amide bonds. The van der Waals surface area contributed by atoms with Crippen molar-refractivity contribution in [1.29, 1.82) is 5.26 Å². The van der Waals surface area contributed by atoms with E-state index in [4.69, 9.17) is 14.7 Å². The highest BCUT2D eigenvalue weighted by Crippen LogP contribution is 2.43. The molecule has 1 atom stereocenters. The zero-order chi connectivity index (χ0) is 24.1. The lowest BCUT2D eigenvalue weighted by atomic mass is 10.0. The molecule has 4 rings (SSSR count). The number of aromatic nitrogens is 4. The molecule has 12 heteroatoms. The summed E-state index contributed by atoms with van der Waals surface area (Å²) in [4.78, 5) is 7.99. The summed E-state index contributed by atoms with van der Waals surface area (Å²) in [6.45, 7) is 1.94. The van der Waals surface area contributed by atoms with E-state index in [1.807, 2.05) is 6.07 Å². The summed E-state index contributed by atoms with van der Waals surface area (Å²) in [5.41, 5.74) is 0.0190. The zero-order valence-corrected chi connectivity index (χ0v) is 18.2. The maximum Gasteiger partial charge on any atom is 0.416 e.